The molecule has 0 saturated carbocycles. The van der Waals surface area contributed by atoms with E-state index in [1.807, 2.05) is 35.2 Å². The predicted octanol–water partition coefficient (Wildman–Crippen LogP) is 3.44. The fourth-order valence-corrected chi connectivity index (χ4v) is 3.60. The Morgan fingerprint density at radius 2 is 1.68 bits per heavy atom. The van der Waals surface area contributed by atoms with Crippen LogP contribution in [0, 0.1) is 0 Å². The molecule has 0 spiro atoms. The van der Waals surface area contributed by atoms with Gasteiger partial charge in [0.1, 0.15) is 5.75 Å². The minimum absolute atomic E-state index is 0.0377. The van der Waals surface area contributed by atoms with Crippen LogP contribution in [0.5, 0.6) is 5.75 Å². The van der Waals surface area contributed by atoms with Crippen LogP contribution in [0.3, 0.4) is 0 Å². The largest absolute Gasteiger partial charge is 0.433 e. The summed E-state index contributed by atoms with van der Waals surface area (Å²) >= 11 is 0. The van der Waals surface area contributed by atoms with Gasteiger partial charge in [-0.05, 0) is 37.0 Å². The number of benzene rings is 2. The van der Waals surface area contributed by atoms with Crippen LogP contribution in [0.25, 0.3) is 0 Å². The Balaban J connectivity index is 1.38. The maximum Gasteiger partial charge on any atom is 0.387 e. The third-order valence-electron chi connectivity index (χ3n) is 5.18. The van der Waals surface area contributed by atoms with E-state index in [1.165, 1.54) is 12.1 Å². The molecule has 0 unspecified atom stereocenters. The number of aryl methyl sites for hydroxylation is 1. The van der Waals surface area contributed by atoms with Gasteiger partial charge in [-0.1, -0.05) is 42.5 Å². The van der Waals surface area contributed by atoms with Gasteiger partial charge >= 0.3 is 6.61 Å². The monoisotopic (exact) mass is 431 g/mol. The third kappa shape index (κ3) is 7.64. The number of amides is 2. The fraction of sp³-hybridized carbons (Fsp3) is 0.391. The van der Waals surface area contributed by atoms with E-state index in [-0.39, 0.29) is 35.8 Å². The second-order valence-corrected chi connectivity index (χ2v) is 7.53. The van der Waals surface area contributed by atoms with E-state index in [0.717, 1.165) is 18.4 Å². The molecular formula is C23H27F2N3O3. The first kappa shape index (κ1) is 22.7. The van der Waals surface area contributed by atoms with E-state index >= 15 is 0 Å². The molecule has 31 heavy (non-hydrogen) atoms. The van der Waals surface area contributed by atoms with Gasteiger partial charge in [0.2, 0.25) is 11.8 Å². The maximum atomic E-state index is 12.5. The van der Waals surface area contributed by atoms with E-state index in [4.69, 9.17) is 0 Å². The summed E-state index contributed by atoms with van der Waals surface area (Å²) < 4.78 is 29.4. The van der Waals surface area contributed by atoms with Gasteiger partial charge in [-0.15, -0.1) is 0 Å². The number of piperidine rings is 1. The highest BCUT2D eigenvalue weighted by Gasteiger charge is 2.22. The van der Waals surface area contributed by atoms with Gasteiger partial charge in [0.25, 0.3) is 0 Å². The summed E-state index contributed by atoms with van der Waals surface area (Å²) in [5.74, 6) is -0.325. The summed E-state index contributed by atoms with van der Waals surface area (Å²) in [6.45, 7) is -1.46. The molecule has 2 amide bonds. The summed E-state index contributed by atoms with van der Waals surface area (Å²) in [5.41, 5.74) is 1.35. The molecule has 0 atom stereocenters. The van der Waals surface area contributed by atoms with Crippen LogP contribution in [-0.4, -0.2) is 49.0 Å². The number of nitrogens with one attached hydrogen (secondary N) is 2. The van der Waals surface area contributed by atoms with Crippen molar-refractivity contribution in [2.75, 3.05) is 25.0 Å². The normalized spacial score (nSPS) is 14.9. The number of carbonyl (C=O) groups is 2. The topological polar surface area (TPSA) is 70.7 Å². The molecule has 3 rings (SSSR count). The Morgan fingerprint density at radius 3 is 2.39 bits per heavy atom. The lowest BCUT2D eigenvalue weighted by Gasteiger charge is -2.31. The van der Waals surface area contributed by atoms with Crippen molar-refractivity contribution in [3.8, 4) is 5.75 Å². The molecule has 1 fully saturated rings. The molecular weight excluding hydrogens is 404 g/mol. The minimum Gasteiger partial charge on any atom is -0.433 e. The Bertz CT molecular complexity index is 856. The number of anilines is 1. The lowest BCUT2D eigenvalue weighted by atomic mass is 10.0. The van der Waals surface area contributed by atoms with Crippen LogP contribution in [-0.2, 0) is 16.0 Å². The fourth-order valence-electron chi connectivity index (χ4n) is 3.60. The Morgan fingerprint density at radius 1 is 1.00 bits per heavy atom. The Kier molecular flexibility index (Phi) is 8.35. The quantitative estimate of drug-likeness (QED) is 0.638. The van der Waals surface area contributed by atoms with Crippen LogP contribution in [0.4, 0.5) is 14.5 Å². The number of alkyl halides is 2. The molecule has 1 heterocycles. The predicted molar refractivity (Wildman–Crippen MR) is 114 cm³/mol. The number of ether oxygens (including phenoxy) is 1. The molecule has 2 N–H and O–H groups in total. The van der Waals surface area contributed by atoms with Gasteiger partial charge in [0.15, 0.2) is 0 Å². The third-order valence-corrected chi connectivity index (χ3v) is 5.18. The number of carbonyl (C=O) groups excluding carboxylic acids is 2. The molecule has 1 aliphatic heterocycles. The molecule has 0 bridgehead atoms. The van der Waals surface area contributed by atoms with Crippen molar-refractivity contribution < 1.29 is 23.1 Å². The lowest BCUT2D eigenvalue weighted by Crippen LogP contribution is -2.46. The second-order valence-electron chi connectivity index (χ2n) is 7.53. The van der Waals surface area contributed by atoms with Crippen molar-refractivity contribution in [3.05, 3.63) is 60.2 Å². The summed E-state index contributed by atoms with van der Waals surface area (Å²) in [6, 6.07) is 16.1. The van der Waals surface area contributed by atoms with E-state index in [0.29, 0.717) is 25.9 Å². The lowest BCUT2D eigenvalue weighted by molar-refractivity contribution is -0.122. The maximum absolute atomic E-state index is 12.5. The summed E-state index contributed by atoms with van der Waals surface area (Å²) in [7, 11) is 0. The molecule has 0 radical (unpaired) electrons. The first-order valence-corrected chi connectivity index (χ1v) is 10.4. The molecule has 0 aromatic heterocycles. The highest BCUT2D eigenvalue weighted by atomic mass is 19.3. The number of likely N-dealkylation sites (tertiary alicyclic amines) is 1. The van der Waals surface area contributed by atoms with Gasteiger partial charge in [0.05, 0.1) is 12.2 Å². The van der Waals surface area contributed by atoms with Crippen molar-refractivity contribution in [1.82, 2.24) is 10.2 Å². The van der Waals surface area contributed by atoms with Crippen molar-refractivity contribution in [3.63, 3.8) is 0 Å². The zero-order valence-electron chi connectivity index (χ0n) is 17.2. The van der Waals surface area contributed by atoms with Gasteiger partial charge in [-0.25, -0.2) is 0 Å². The second kappa shape index (κ2) is 11.4. The Hall–Kier alpha value is -3.00. The van der Waals surface area contributed by atoms with Gasteiger partial charge in [-0.3, -0.25) is 14.5 Å². The van der Waals surface area contributed by atoms with Crippen molar-refractivity contribution in [2.45, 2.75) is 38.3 Å². The first-order valence-electron chi connectivity index (χ1n) is 10.4. The van der Waals surface area contributed by atoms with Crippen LogP contribution in [0.2, 0.25) is 0 Å². The first-order chi connectivity index (χ1) is 15.0. The molecule has 2 aromatic rings. The molecule has 166 valence electrons. The highest BCUT2D eigenvalue weighted by molar-refractivity contribution is 5.93. The molecule has 0 aliphatic carbocycles. The van der Waals surface area contributed by atoms with Crippen molar-refractivity contribution in [1.29, 1.82) is 0 Å². The highest BCUT2D eigenvalue weighted by Crippen LogP contribution is 2.25. The number of halogens is 2. The van der Waals surface area contributed by atoms with Crippen LogP contribution in [0.1, 0.15) is 24.8 Å². The number of rotatable bonds is 9. The van der Waals surface area contributed by atoms with E-state index < -0.39 is 6.61 Å². The molecule has 6 nitrogen and oxygen atoms in total. The molecule has 2 aromatic carbocycles. The van der Waals surface area contributed by atoms with E-state index in [9.17, 15) is 18.4 Å². The zero-order chi connectivity index (χ0) is 22.1. The summed E-state index contributed by atoms with van der Waals surface area (Å²) in [6.07, 6.45) is 2.68. The number of hydrogen-bond donors (Lipinski definition) is 2. The Labute approximate surface area is 180 Å². The number of nitrogens with zero attached hydrogens (tertiary/aromatic N) is 1. The smallest absolute Gasteiger partial charge is 0.387 e. The van der Waals surface area contributed by atoms with Crippen LogP contribution in [0.15, 0.2) is 54.6 Å². The molecule has 1 saturated heterocycles. The molecule has 8 heteroatoms. The standard InChI is InChI=1S/C23H27F2N3O3/c24-23(25)31-20-9-5-4-8-19(20)27-22(30)16-28-14-12-18(13-15-28)26-21(29)11-10-17-6-2-1-3-7-17/h1-9,18,23H,10-16H2,(H,26,29)(H,27,30). The minimum atomic E-state index is -2.96. The van der Waals surface area contributed by atoms with Gasteiger partial charge in [0, 0.05) is 25.6 Å². The van der Waals surface area contributed by atoms with Crippen LogP contribution >= 0.6 is 0 Å². The van der Waals surface area contributed by atoms with Crippen molar-refractivity contribution >= 4 is 17.5 Å². The van der Waals surface area contributed by atoms with Gasteiger partial charge < -0.3 is 15.4 Å². The molecule has 1 aliphatic rings. The van der Waals surface area contributed by atoms with Crippen LogP contribution < -0.4 is 15.4 Å². The average molecular weight is 431 g/mol. The number of para-hydroxylation sites is 2. The average Bonchev–Trinajstić information content (AvgIpc) is 2.75. The van der Waals surface area contributed by atoms with Gasteiger partial charge in [-0.2, -0.15) is 8.78 Å². The SMILES string of the molecule is O=C(CN1CCC(NC(=O)CCc2ccccc2)CC1)Nc1ccccc1OC(F)F. The zero-order valence-corrected chi connectivity index (χ0v) is 17.2. The summed E-state index contributed by atoms with van der Waals surface area (Å²) in [5, 5.41) is 5.70. The summed E-state index contributed by atoms with van der Waals surface area (Å²) in [4.78, 5) is 26.5. The number of hydrogen-bond acceptors (Lipinski definition) is 4. The van der Waals surface area contributed by atoms with E-state index in [2.05, 4.69) is 15.4 Å². The van der Waals surface area contributed by atoms with E-state index in [1.54, 1.807) is 12.1 Å². The van der Waals surface area contributed by atoms with Crippen molar-refractivity contribution in [2.24, 2.45) is 0 Å².